The van der Waals surface area contributed by atoms with E-state index < -0.39 is 0 Å². The molecule has 0 radical (unpaired) electrons. The van der Waals surface area contributed by atoms with Crippen molar-refractivity contribution in [3.05, 3.63) is 0 Å². The predicted octanol–water partition coefficient (Wildman–Crippen LogP) is 4.48. The van der Waals surface area contributed by atoms with Crippen molar-refractivity contribution < 1.29 is 4.74 Å². The van der Waals surface area contributed by atoms with Gasteiger partial charge in [0.25, 0.3) is 0 Å². The van der Waals surface area contributed by atoms with E-state index >= 15 is 0 Å². The number of ether oxygens (including phenoxy) is 1. The highest BCUT2D eigenvalue weighted by molar-refractivity contribution is 5.16. The Labute approximate surface area is 147 Å². The molecule has 3 saturated carbocycles. The van der Waals surface area contributed by atoms with Crippen molar-refractivity contribution in [1.82, 2.24) is 4.90 Å². The molecule has 3 heterocycles. The molecular formula is C22H35NO. The third kappa shape index (κ3) is 1.85. The first kappa shape index (κ1) is 15.0. The highest BCUT2D eigenvalue weighted by atomic mass is 16.5. The minimum absolute atomic E-state index is 0.502. The van der Waals surface area contributed by atoms with Crippen molar-refractivity contribution in [3.63, 3.8) is 0 Å². The van der Waals surface area contributed by atoms with E-state index in [2.05, 4.69) is 18.7 Å². The molecule has 0 bridgehead atoms. The van der Waals surface area contributed by atoms with Gasteiger partial charge in [-0.3, -0.25) is 4.90 Å². The Kier molecular flexibility index (Phi) is 3.13. The highest BCUT2D eigenvalue weighted by Gasteiger charge is 2.66. The zero-order valence-corrected chi connectivity index (χ0v) is 15.6. The Bertz CT molecular complexity index is 534. The Morgan fingerprint density at radius 2 is 1.88 bits per heavy atom. The molecule has 24 heavy (non-hydrogen) atoms. The summed E-state index contributed by atoms with van der Waals surface area (Å²) >= 11 is 0. The number of hydrogen-bond acceptors (Lipinski definition) is 2. The van der Waals surface area contributed by atoms with Crippen LogP contribution in [0.5, 0.6) is 0 Å². The van der Waals surface area contributed by atoms with Crippen molar-refractivity contribution in [2.75, 3.05) is 6.54 Å². The fraction of sp³-hybridized carbons (Fsp3) is 1.00. The van der Waals surface area contributed by atoms with Crippen molar-refractivity contribution in [1.29, 1.82) is 0 Å². The summed E-state index contributed by atoms with van der Waals surface area (Å²) in [5, 5.41) is 0. The molecule has 6 aliphatic rings. The predicted molar refractivity (Wildman–Crippen MR) is 95.7 cm³/mol. The monoisotopic (exact) mass is 329 g/mol. The van der Waals surface area contributed by atoms with Gasteiger partial charge in [0.1, 0.15) is 0 Å². The van der Waals surface area contributed by atoms with Gasteiger partial charge in [0.15, 0.2) is 0 Å². The molecule has 134 valence electrons. The summed E-state index contributed by atoms with van der Waals surface area (Å²) in [7, 11) is 0. The number of rotatable bonds is 0. The van der Waals surface area contributed by atoms with E-state index in [9.17, 15) is 0 Å². The molecule has 0 spiro atoms. The van der Waals surface area contributed by atoms with Gasteiger partial charge >= 0.3 is 0 Å². The van der Waals surface area contributed by atoms with Crippen molar-refractivity contribution in [2.45, 2.75) is 95.9 Å². The molecule has 0 aromatic rings. The molecule has 6 rings (SSSR count). The van der Waals surface area contributed by atoms with Crippen LogP contribution in [-0.2, 0) is 4.74 Å². The molecule has 0 aromatic heterocycles. The standard InChI is InChI=1S/C22H35NO/c1-13-8-9-22(2)16-7-6-14-15-12-18(15)23-10-4-3-5-17(23)20(14)21(16)24-19(22)11-13/h13-21H,3-12H2,1-2H3. The van der Waals surface area contributed by atoms with E-state index in [0.717, 1.165) is 41.7 Å². The van der Waals surface area contributed by atoms with Gasteiger partial charge in [0, 0.05) is 18.0 Å². The normalized spacial score (nSPS) is 62.0. The van der Waals surface area contributed by atoms with Crippen molar-refractivity contribution >= 4 is 0 Å². The van der Waals surface area contributed by atoms with E-state index in [1.54, 1.807) is 0 Å². The van der Waals surface area contributed by atoms with Crippen LogP contribution in [0.1, 0.15) is 71.6 Å². The van der Waals surface area contributed by atoms with Gasteiger partial charge in [-0.1, -0.05) is 20.3 Å². The lowest BCUT2D eigenvalue weighted by Gasteiger charge is -2.54. The summed E-state index contributed by atoms with van der Waals surface area (Å²) < 4.78 is 7.00. The molecular weight excluding hydrogens is 294 g/mol. The molecule has 0 N–H and O–H groups in total. The summed E-state index contributed by atoms with van der Waals surface area (Å²) in [5.41, 5.74) is 0.502. The van der Waals surface area contributed by atoms with E-state index in [1.165, 1.54) is 64.3 Å². The third-order valence-corrected chi connectivity index (χ3v) is 9.59. The molecule has 2 nitrogen and oxygen atoms in total. The average molecular weight is 330 g/mol. The van der Waals surface area contributed by atoms with Crippen LogP contribution in [0.3, 0.4) is 0 Å². The summed E-state index contributed by atoms with van der Waals surface area (Å²) in [6, 6.07) is 1.86. The fourth-order valence-electron chi connectivity index (χ4n) is 8.28. The summed E-state index contributed by atoms with van der Waals surface area (Å²) in [6.45, 7) is 6.45. The van der Waals surface area contributed by atoms with Gasteiger partial charge < -0.3 is 4.74 Å². The zero-order chi connectivity index (χ0) is 16.1. The van der Waals surface area contributed by atoms with E-state index in [4.69, 9.17) is 4.74 Å². The van der Waals surface area contributed by atoms with Crippen LogP contribution in [0.2, 0.25) is 0 Å². The topological polar surface area (TPSA) is 12.5 Å². The maximum absolute atomic E-state index is 7.00. The molecule has 0 aromatic carbocycles. The Morgan fingerprint density at radius 1 is 0.958 bits per heavy atom. The molecule has 0 amide bonds. The van der Waals surface area contributed by atoms with Crippen LogP contribution in [0.25, 0.3) is 0 Å². The van der Waals surface area contributed by atoms with Crippen LogP contribution < -0.4 is 0 Å². The molecule has 3 aliphatic heterocycles. The highest BCUT2D eigenvalue weighted by Crippen LogP contribution is 2.65. The lowest BCUT2D eigenvalue weighted by atomic mass is 9.56. The number of piperidine rings is 2. The maximum atomic E-state index is 7.00. The minimum atomic E-state index is 0.502. The maximum Gasteiger partial charge on any atom is 0.0659 e. The van der Waals surface area contributed by atoms with Gasteiger partial charge in [-0.15, -0.1) is 0 Å². The molecule has 6 fully saturated rings. The van der Waals surface area contributed by atoms with E-state index in [1.807, 2.05) is 0 Å². The van der Waals surface area contributed by atoms with Gasteiger partial charge in [0.2, 0.25) is 0 Å². The first-order valence-electron chi connectivity index (χ1n) is 11.1. The SMILES string of the molecule is CC1CCC2(C)C(C1)OC1C3C(CCC12)C1CC1N1CCCCC31. The lowest BCUT2D eigenvalue weighted by molar-refractivity contribution is -0.107. The Balaban J connectivity index is 1.35. The second-order valence-corrected chi connectivity index (χ2v) is 10.7. The molecule has 10 atom stereocenters. The Hall–Kier alpha value is -0.0800. The van der Waals surface area contributed by atoms with Crippen LogP contribution in [-0.4, -0.2) is 35.7 Å². The first-order chi connectivity index (χ1) is 11.7. The minimum Gasteiger partial charge on any atom is -0.374 e. The molecule has 2 heteroatoms. The largest absolute Gasteiger partial charge is 0.374 e. The fourth-order valence-corrected chi connectivity index (χ4v) is 8.28. The summed E-state index contributed by atoms with van der Waals surface area (Å²) in [4.78, 5) is 2.97. The average Bonchev–Trinajstić information content (AvgIpc) is 3.34. The smallest absolute Gasteiger partial charge is 0.0659 e. The van der Waals surface area contributed by atoms with Crippen LogP contribution in [0, 0.1) is 35.0 Å². The van der Waals surface area contributed by atoms with Crippen LogP contribution in [0.4, 0.5) is 0 Å². The number of fused-ring (bicyclic) bond motifs is 10. The molecule has 10 unspecified atom stereocenters. The van der Waals surface area contributed by atoms with Gasteiger partial charge in [-0.25, -0.2) is 0 Å². The van der Waals surface area contributed by atoms with Crippen molar-refractivity contribution in [3.8, 4) is 0 Å². The second-order valence-electron chi connectivity index (χ2n) is 10.7. The van der Waals surface area contributed by atoms with Gasteiger partial charge in [-0.2, -0.15) is 0 Å². The van der Waals surface area contributed by atoms with Crippen LogP contribution >= 0.6 is 0 Å². The summed E-state index contributed by atoms with van der Waals surface area (Å²) in [5.74, 6) is 4.69. The quantitative estimate of drug-likeness (QED) is 0.650. The van der Waals surface area contributed by atoms with Crippen molar-refractivity contribution in [2.24, 2.45) is 35.0 Å². The number of hydrogen-bond donors (Lipinski definition) is 0. The molecule has 3 saturated heterocycles. The third-order valence-electron chi connectivity index (χ3n) is 9.59. The lowest BCUT2D eigenvalue weighted by Crippen LogP contribution is -2.58. The zero-order valence-electron chi connectivity index (χ0n) is 15.6. The van der Waals surface area contributed by atoms with Gasteiger partial charge in [0.05, 0.1) is 12.2 Å². The van der Waals surface area contributed by atoms with E-state index in [0.29, 0.717) is 17.6 Å². The van der Waals surface area contributed by atoms with Gasteiger partial charge in [-0.05, 0) is 87.0 Å². The van der Waals surface area contributed by atoms with Crippen LogP contribution in [0.15, 0.2) is 0 Å². The van der Waals surface area contributed by atoms with E-state index in [-0.39, 0.29) is 0 Å². The Morgan fingerprint density at radius 3 is 2.79 bits per heavy atom. The summed E-state index contributed by atoms with van der Waals surface area (Å²) in [6.07, 6.45) is 14.3. The molecule has 3 aliphatic carbocycles. The first-order valence-corrected chi connectivity index (χ1v) is 11.1. The number of nitrogens with zero attached hydrogens (tertiary/aromatic N) is 1. The second kappa shape index (κ2) is 5.00.